The largest absolute Gasteiger partial charge is 0.342 e. The number of nitrogens with two attached hydrogens (primary N) is 1. The van der Waals surface area contributed by atoms with Gasteiger partial charge in [-0.3, -0.25) is 4.79 Å². The van der Waals surface area contributed by atoms with E-state index in [1.165, 1.54) is 12.8 Å². The van der Waals surface area contributed by atoms with Gasteiger partial charge in [0.05, 0.1) is 0 Å². The van der Waals surface area contributed by atoms with E-state index in [1.807, 2.05) is 0 Å². The molecule has 1 saturated heterocycles. The van der Waals surface area contributed by atoms with Gasteiger partial charge < -0.3 is 15.5 Å². The molecule has 0 aromatic rings. The zero-order valence-corrected chi connectivity index (χ0v) is 13.4. The first-order valence-electron chi connectivity index (χ1n) is 8.33. The van der Waals surface area contributed by atoms with Gasteiger partial charge in [0.15, 0.2) is 0 Å². The van der Waals surface area contributed by atoms with Crippen molar-refractivity contribution in [3.05, 3.63) is 0 Å². The fourth-order valence-corrected chi connectivity index (χ4v) is 3.05. The number of rotatable bonds is 10. The number of carbonyl (C=O) groups is 1. The summed E-state index contributed by atoms with van der Waals surface area (Å²) in [5, 5.41) is 0. The number of amides is 1. The Kier molecular flexibility index (Phi) is 8.86. The van der Waals surface area contributed by atoms with Crippen molar-refractivity contribution in [1.82, 2.24) is 9.80 Å². The lowest BCUT2D eigenvalue weighted by atomic mass is 10.1. The van der Waals surface area contributed by atoms with Crippen molar-refractivity contribution in [2.75, 3.05) is 39.8 Å². The SMILES string of the molecule is CCCN(C)CC1CCN(C(=O)CCCCCCN)C1. The van der Waals surface area contributed by atoms with E-state index in [4.69, 9.17) is 5.73 Å². The molecular formula is C16H33N3O. The van der Waals surface area contributed by atoms with Crippen molar-refractivity contribution in [1.29, 1.82) is 0 Å². The van der Waals surface area contributed by atoms with Gasteiger partial charge in [0.1, 0.15) is 0 Å². The first kappa shape index (κ1) is 17.4. The average molecular weight is 283 g/mol. The number of carbonyl (C=O) groups excluding carboxylic acids is 1. The summed E-state index contributed by atoms with van der Waals surface area (Å²) in [6, 6.07) is 0. The van der Waals surface area contributed by atoms with Gasteiger partial charge in [-0.1, -0.05) is 19.8 Å². The lowest BCUT2D eigenvalue weighted by molar-refractivity contribution is -0.130. The minimum absolute atomic E-state index is 0.360. The number of hydrogen-bond acceptors (Lipinski definition) is 3. The predicted molar refractivity (Wildman–Crippen MR) is 84.6 cm³/mol. The van der Waals surface area contributed by atoms with Crippen molar-refractivity contribution >= 4 is 5.91 Å². The molecule has 1 fully saturated rings. The van der Waals surface area contributed by atoms with Crippen LogP contribution in [0.25, 0.3) is 0 Å². The standard InChI is InChI=1S/C16H33N3O/c1-3-11-18(2)13-15-9-12-19(14-15)16(20)8-6-4-5-7-10-17/h15H,3-14,17H2,1-2H3. The van der Waals surface area contributed by atoms with Crippen molar-refractivity contribution in [3.8, 4) is 0 Å². The van der Waals surface area contributed by atoms with Gasteiger partial charge in [-0.25, -0.2) is 0 Å². The summed E-state index contributed by atoms with van der Waals surface area (Å²) >= 11 is 0. The smallest absolute Gasteiger partial charge is 0.222 e. The van der Waals surface area contributed by atoms with Crippen LogP contribution in [-0.2, 0) is 4.79 Å². The molecule has 1 rings (SSSR count). The van der Waals surface area contributed by atoms with Crippen LogP contribution in [0.1, 0.15) is 51.9 Å². The average Bonchev–Trinajstić information content (AvgIpc) is 2.87. The van der Waals surface area contributed by atoms with E-state index in [0.717, 1.165) is 64.8 Å². The molecule has 1 atom stereocenters. The van der Waals surface area contributed by atoms with Crippen LogP contribution in [0.2, 0.25) is 0 Å². The van der Waals surface area contributed by atoms with Crippen LogP contribution in [0.5, 0.6) is 0 Å². The van der Waals surface area contributed by atoms with Crippen molar-refractivity contribution in [2.24, 2.45) is 11.7 Å². The van der Waals surface area contributed by atoms with Gasteiger partial charge in [-0.15, -0.1) is 0 Å². The molecule has 1 unspecified atom stereocenters. The number of likely N-dealkylation sites (tertiary alicyclic amines) is 1. The monoisotopic (exact) mass is 283 g/mol. The van der Waals surface area contributed by atoms with Crippen LogP contribution in [0.3, 0.4) is 0 Å². The first-order valence-corrected chi connectivity index (χ1v) is 8.33. The summed E-state index contributed by atoms with van der Waals surface area (Å²) in [5.74, 6) is 1.03. The first-order chi connectivity index (χ1) is 9.67. The molecule has 118 valence electrons. The van der Waals surface area contributed by atoms with E-state index in [0.29, 0.717) is 11.8 Å². The van der Waals surface area contributed by atoms with Crippen LogP contribution in [0, 0.1) is 5.92 Å². The molecular weight excluding hydrogens is 250 g/mol. The highest BCUT2D eigenvalue weighted by molar-refractivity contribution is 5.76. The minimum atomic E-state index is 0.360. The Morgan fingerprint density at radius 2 is 2.05 bits per heavy atom. The molecule has 20 heavy (non-hydrogen) atoms. The van der Waals surface area contributed by atoms with Crippen LogP contribution < -0.4 is 5.73 Å². The van der Waals surface area contributed by atoms with Gasteiger partial charge >= 0.3 is 0 Å². The third kappa shape index (κ3) is 6.71. The zero-order chi connectivity index (χ0) is 14.8. The van der Waals surface area contributed by atoms with Crippen LogP contribution in [0.4, 0.5) is 0 Å². The van der Waals surface area contributed by atoms with Gasteiger partial charge in [-0.2, -0.15) is 0 Å². The molecule has 4 nitrogen and oxygen atoms in total. The summed E-state index contributed by atoms with van der Waals surface area (Å²) in [7, 11) is 2.19. The van der Waals surface area contributed by atoms with E-state index < -0.39 is 0 Å². The molecule has 0 spiro atoms. The molecule has 0 bridgehead atoms. The summed E-state index contributed by atoms with van der Waals surface area (Å²) in [5.41, 5.74) is 5.47. The third-order valence-corrected chi connectivity index (χ3v) is 4.16. The Bertz CT molecular complexity index is 270. The summed E-state index contributed by atoms with van der Waals surface area (Å²) in [6.45, 7) is 7.21. The minimum Gasteiger partial charge on any atom is -0.342 e. The van der Waals surface area contributed by atoms with Crippen LogP contribution >= 0.6 is 0 Å². The van der Waals surface area contributed by atoms with Crippen molar-refractivity contribution in [3.63, 3.8) is 0 Å². The Morgan fingerprint density at radius 1 is 1.30 bits per heavy atom. The van der Waals surface area contributed by atoms with Gasteiger partial charge in [0.25, 0.3) is 0 Å². The van der Waals surface area contributed by atoms with E-state index in [9.17, 15) is 4.79 Å². The normalized spacial score (nSPS) is 19.0. The van der Waals surface area contributed by atoms with Crippen LogP contribution in [-0.4, -0.2) is 55.5 Å². The molecule has 0 aliphatic carbocycles. The van der Waals surface area contributed by atoms with Gasteiger partial charge in [-0.05, 0) is 51.7 Å². The van der Waals surface area contributed by atoms with E-state index >= 15 is 0 Å². The van der Waals surface area contributed by atoms with Crippen molar-refractivity contribution < 1.29 is 4.79 Å². The second-order valence-corrected chi connectivity index (χ2v) is 6.21. The highest BCUT2D eigenvalue weighted by atomic mass is 16.2. The molecule has 0 aromatic carbocycles. The molecule has 2 N–H and O–H groups in total. The van der Waals surface area contributed by atoms with E-state index in [2.05, 4.69) is 23.8 Å². The number of unbranched alkanes of at least 4 members (excludes halogenated alkanes) is 3. The summed E-state index contributed by atoms with van der Waals surface area (Å²) in [6.07, 6.45) is 7.51. The number of hydrogen-bond donors (Lipinski definition) is 1. The summed E-state index contributed by atoms with van der Waals surface area (Å²) < 4.78 is 0. The van der Waals surface area contributed by atoms with Gasteiger partial charge in [0, 0.05) is 26.1 Å². The van der Waals surface area contributed by atoms with Crippen molar-refractivity contribution in [2.45, 2.75) is 51.9 Å². The van der Waals surface area contributed by atoms with Crippen LogP contribution in [0.15, 0.2) is 0 Å². The highest BCUT2D eigenvalue weighted by Gasteiger charge is 2.26. The molecule has 0 aromatic heterocycles. The molecule has 1 heterocycles. The Hall–Kier alpha value is -0.610. The predicted octanol–water partition coefficient (Wildman–Crippen LogP) is 2.09. The Balaban J connectivity index is 2.14. The van der Waals surface area contributed by atoms with E-state index in [-0.39, 0.29) is 0 Å². The summed E-state index contributed by atoms with van der Waals surface area (Å²) in [4.78, 5) is 16.6. The molecule has 0 radical (unpaired) electrons. The fourth-order valence-electron chi connectivity index (χ4n) is 3.05. The Labute approximate surface area is 124 Å². The molecule has 1 amide bonds. The van der Waals surface area contributed by atoms with Gasteiger partial charge in [0.2, 0.25) is 5.91 Å². The molecule has 1 aliphatic heterocycles. The quantitative estimate of drug-likeness (QED) is 0.625. The second-order valence-electron chi connectivity index (χ2n) is 6.21. The fraction of sp³-hybridized carbons (Fsp3) is 0.938. The number of nitrogens with zero attached hydrogens (tertiary/aromatic N) is 2. The maximum absolute atomic E-state index is 12.1. The highest BCUT2D eigenvalue weighted by Crippen LogP contribution is 2.19. The topological polar surface area (TPSA) is 49.6 Å². The molecule has 0 saturated carbocycles. The lowest BCUT2D eigenvalue weighted by Gasteiger charge is -2.21. The van der Waals surface area contributed by atoms with E-state index in [1.54, 1.807) is 0 Å². The second kappa shape index (κ2) is 10.2. The Morgan fingerprint density at radius 3 is 2.75 bits per heavy atom. The molecule has 4 heteroatoms. The maximum Gasteiger partial charge on any atom is 0.222 e. The molecule has 1 aliphatic rings. The maximum atomic E-state index is 12.1. The lowest BCUT2D eigenvalue weighted by Crippen LogP contribution is -2.31. The zero-order valence-electron chi connectivity index (χ0n) is 13.4. The third-order valence-electron chi connectivity index (χ3n) is 4.16.